The third-order valence-corrected chi connectivity index (χ3v) is 7.80. The van der Waals surface area contributed by atoms with Crippen molar-refractivity contribution in [1.82, 2.24) is 31.9 Å². The highest BCUT2D eigenvalue weighted by atomic mass is 32.2. The second kappa shape index (κ2) is 23.3. The first-order valence-corrected chi connectivity index (χ1v) is 17.5. The Hall–Kier alpha value is -5.11. The van der Waals surface area contributed by atoms with Crippen LogP contribution in [0.15, 0.2) is 29.3 Å². The number of nitrogens with one attached hydrogen (secondary N) is 6. The maximum atomic E-state index is 13.6. The van der Waals surface area contributed by atoms with Crippen molar-refractivity contribution >= 4 is 59.1 Å². The molecule has 0 bridgehead atoms. The molecule has 14 N–H and O–H groups in total. The summed E-state index contributed by atoms with van der Waals surface area (Å²) in [5.74, 6) is -5.68. The van der Waals surface area contributed by atoms with E-state index < -0.39 is 84.6 Å². The Kier molecular flexibility index (Phi) is 20.1. The first-order chi connectivity index (χ1) is 24.1. The van der Waals surface area contributed by atoms with Crippen LogP contribution >= 0.6 is 11.8 Å². The lowest BCUT2D eigenvalue weighted by Gasteiger charge is -2.27. The van der Waals surface area contributed by atoms with Gasteiger partial charge >= 0.3 is 5.97 Å². The van der Waals surface area contributed by atoms with Crippen LogP contribution in [0.5, 0.6) is 5.75 Å². The molecular weight excluding hydrogens is 688 g/mol. The fourth-order valence-corrected chi connectivity index (χ4v) is 4.87. The molecule has 0 spiro atoms. The standard InChI is InChI=1S/C31H50N10O9S/c1-17(2)26(41-25(45)16-37-24(44)15-36-23(43)14-32)29(48)39-21(10-12-51-3)28(47)38-20(5-4-11-35-31(33)34)27(46)40-22(30(49)50)13-18-6-8-19(42)9-7-18/h6-9,17,20-22,26,42H,4-5,10-16,32H2,1-3H3,(H,36,43)(H,37,44)(H,38,47)(H,39,48)(H,40,46)(H,41,45)(H,49,50)(H4,33,34,35)/t20-,21-,22-,26-/m0/s1. The molecule has 4 atom stereocenters. The van der Waals surface area contributed by atoms with Crippen molar-refractivity contribution < 1.29 is 43.8 Å². The average Bonchev–Trinajstić information content (AvgIpc) is 3.08. The van der Waals surface area contributed by atoms with E-state index in [0.29, 0.717) is 11.3 Å². The molecule has 0 aromatic heterocycles. The molecule has 51 heavy (non-hydrogen) atoms. The van der Waals surface area contributed by atoms with E-state index >= 15 is 0 Å². The van der Waals surface area contributed by atoms with Crippen LogP contribution in [-0.2, 0) is 40.0 Å². The van der Waals surface area contributed by atoms with Gasteiger partial charge in [0.05, 0.1) is 19.6 Å². The van der Waals surface area contributed by atoms with Gasteiger partial charge in [-0.2, -0.15) is 11.8 Å². The number of aliphatic imine (C=N–C) groups is 1. The van der Waals surface area contributed by atoms with Gasteiger partial charge in [0.15, 0.2) is 5.96 Å². The second-order valence-corrected chi connectivity index (χ2v) is 12.7. The molecule has 19 nitrogen and oxygen atoms in total. The Balaban J connectivity index is 3.09. The number of nitrogens with two attached hydrogens (primary N) is 3. The number of aliphatic carboxylic acids is 1. The molecule has 0 aliphatic heterocycles. The van der Waals surface area contributed by atoms with E-state index in [4.69, 9.17) is 17.2 Å². The van der Waals surface area contributed by atoms with Gasteiger partial charge in [-0.05, 0) is 54.9 Å². The van der Waals surface area contributed by atoms with Crippen molar-refractivity contribution in [2.24, 2.45) is 28.1 Å². The minimum atomic E-state index is -1.38. The highest BCUT2D eigenvalue weighted by Gasteiger charge is 2.32. The van der Waals surface area contributed by atoms with Crippen molar-refractivity contribution in [1.29, 1.82) is 0 Å². The molecule has 1 rings (SSSR count). The number of amides is 6. The summed E-state index contributed by atoms with van der Waals surface area (Å²) < 4.78 is 0. The molecule has 0 unspecified atom stereocenters. The van der Waals surface area contributed by atoms with Crippen molar-refractivity contribution in [3.63, 3.8) is 0 Å². The van der Waals surface area contributed by atoms with Crippen LogP contribution < -0.4 is 49.1 Å². The van der Waals surface area contributed by atoms with Gasteiger partial charge in [0.25, 0.3) is 0 Å². The van der Waals surface area contributed by atoms with Crippen LogP contribution in [0.1, 0.15) is 38.7 Å². The zero-order valence-corrected chi connectivity index (χ0v) is 29.7. The number of phenolic OH excluding ortho intramolecular Hbond substituents is 1. The third kappa shape index (κ3) is 17.9. The summed E-state index contributed by atoms with van der Waals surface area (Å²) in [4.78, 5) is 92.1. The largest absolute Gasteiger partial charge is 0.508 e. The van der Waals surface area contributed by atoms with Gasteiger partial charge in [-0.3, -0.25) is 33.8 Å². The van der Waals surface area contributed by atoms with E-state index in [2.05, 4.69) is 36.9 Å². The topological polar surface area (TPSA) is 323 Å². The Bertz CT molecular complexity index is 1370. The molecular formula is C31H50N10O9S. The number of hydrogen-bond acceptors (Lipinski definition) is 11. The zero-order chi connectivity index (χ0) is 38.5. The van der Waals surface area contributed by atoms with Gasteiger partial charge in [-0.1, -0.05) is 26.0 Å². The number of thioether (sulfide) groups is 1. The number of rotatable bonds is 23. The normalized spacial score (nSPS) is 13.0. The summed E-state index contributed by atoms with van der Waals surface area (Å²) >= 11 is 1.40. The minimum absolute atomic E-state index is 0.00932. The molecule has 1 aromatic carbocycles. The van der Waals surface area contributed by atoms with Crippen LogP contribution in [0, 0.1) is 5.92 Å². The lowest BCUT2D eigenvalue weighted by atomic mass is 10.0. The average molecular weight is 739 g/mol. The lowest BCUT2D eigenvalue weighted by Crippen LogP contribution is -2.59. The summed E-state index contributed by atoms with van der Waals surface area (Å²) in [6.45, 7) is 2.24. The number of benzene rings is 1. The molecule has 1 aromatic rings. The number of carbonyl (C=O) groups excluding carboxylic acids is 6. The van der Waals surface area contributed by atoms with Crippen LogP contribution in [0.2, 0.25) is 0 Å². The van der Waals surface area contributed by atoms with E-state index in [1.54, 1.807) is 20.1 Å². The number of guanidine groups is 1. The van der Waals surface area contributed by atoms with Crippen LogP contribution in [-0.4, -0.2) is 120 Å². The SMILES string of the molecule is CSCC[C@H](NC(=O)[C@@H](NC(=O)CNC(=O)CNC(=O)CN)C(C)C)C(=O)N[C@@H](CCCN=C(N)N)C(=O)N[C@@H](Cc1ccc(O)cc1)C(=O)O. The molecule has 0 saturated carbocycles. The van der Waals surface area contributed by atoms with Crippen LogP contribution in [0.25, 0.3) is 0 Å². The number of aromatic hydroxyl groups is 1. The number of carbonyl (C=O) groups is 7. The maximum absolute atomic E-state index is 13.6. The Labute approximate surface area is 300 Å². The number of nitrogens with zero attached hydrogens (tertiary/aromatic N) is 1. The van der Waals surface area contributed by atoms with Gasteiger partial charge in [-0.25, -0.2) is 4.79 Å². The van der Waals surface area contributed by atoms with E-state index in [9.17, 15) is 43.8 Å². The highest BCUT2D eigenvalue weighted by Crippen LogP contribution is 2.12. The van der Waals surface area contributed by atoms with Gasteiger partial charge in [0.1, 0.15) is 29.9 Å². The Morgan fingerprint density at radius 1 is 0.784 bits per heavy atom. The summed E-state index contributed by atoms with van der Waals surface area (Å²) in [7, 11) is 0. The van der Waals surface area contributed by atoms with Gasteiger partial charge in [-0.15, -0.1) is 0 Å². The smallest absolute Gasteiger partial charge is 0.326 e. The van der Waals surface area contributed by atoms with Gasteiger partial charge in [0, 0.05) is 13.0 Å². The van der Waals surface area contributed by atoms with E-state index in [1.807, 2.05) is 0 Å². The zero-order valence-electron chi connectivity index (χ0n) is 28.9. The molecule has 0 aliphatic rings. The molecule has 0 radical (unpaired) electrons. The Morgan fingerprint density at radius 2 is 1.33 bits per heavy atom. The van der Waals surface area contributed by atoms with Crippen molar-refractivity contribution in [3.8, 4) is 5.75 Å². The van der Waals surface area contributed by atoms with E-state index in [-0.39, 0.29) is 50.5 Å². The summed E-state index contributed by atoms with van der Waals surface area (Å²) in [5, 5.41) is 34.2. The van der Waals surface area contributed by atoms with Gasteiger partial charge in [0.2, 0.25) is 35.4 Å². The van der Waals surface area contributed by atoms with Crippen LogP contribution in [0.4, 0.5) is 0 Å². The molecule has 0 saturated heterocycles. The van der Waals surface area contributed by atoms with E-state index in [0.717, 1.165) is 0 Å². The summed E-state index contributed by atoms with van der Waals surface area (Å²) in [5.41, 5.74) is 16.5. The quantitative estimate of drug-likeness (QED) is 0.0297. The van der Waals surface area contributed by atoms with Crippen molar-refractivity contribution in [3.05, 3.63) is 29.8 Å². The Morgan fingerprint density at radius 3 is 1.88 bits per heavy atom. The first kappa shape index (κ1) is 43.9. The van der Waals surface area contributed by atoms with Gasteiger partial charge < -0.3 is 59.3 Å². The summed E-state index contributed by atoms with van der Waals surface area (Å²) in [6.07, 6.45) is 2.06. The molecule has 0 aliphatic carbocycles. The van der Waals surface area contributed by atoms with Crippen molar-refractivity contribution in [2.75, 3.05) is 38.2 Å². The third-order valence-electron chi connectivity index (χ3n) is 7.16. The highest BCUT2D eigenvalue weighted by molar-refractivity contribution is 7.98. The van der Waals surface area contributed by atoms with Crippen LogP contribution in [0.3, 0.4) is 0 Å². The molecule has 20 heteroatoms. The number of carboxylic acid groups (broad SMARTS) is 1. The monoisotopic (exact) mass is 738 g/mol. The molecule has 0 fully saturated rings. The second-order valence-electron chi connectivity index (χ2n) is 11.7. The fourth-order valence-electron chi connectivity index (χ4n) is 4.40. The van der Waals surface area contributed by atoms with E-state index in [1.165, 1.54) is 36.0 Å². The number of phenols is 1. The maximum Gasteiger partial charge on any atom is 0.326 e. The predicted molar refractivity (Wildman–Crippen MR) is 190 cm³/mol. The fraction of sp³-hybridized carbons (Fsp3) is 0.548. The van der Waals surface area contributed by atoms with Crippen molar-refractivity contribution in [2.45, 2.75) is 63.7 Å². The summed E-state index contributed by atoms with van der Waals surface area (Å²) in [6, 6.07) is 0.884. The molecule has 0 heterocycles. The predicted octanol–water partition coefficient (Wildman–Crippen LogP) is -3.39. The minimum Gasteiger partial charge on any atom is -0.508 e. The molecule has 284 valence electrons. The number of carboxylic acids is 1. The first-order valence-electron chi connectivity index (χ1n) is 16.1. The number of hydrogen-bond donors (Lipinski definition) is 11. The molecule has 6 amide bonds. The lowest BCUT2D eigenvalue weighted by molar-refractivity contribution is -0.142.